The molecule has 0 aliphatic carbocycles. The molecule has 1 aromatic carbocycles. The summed E-state index contributed by atoms with van der Waals surface area (Å²) < 4.78 is 49.4. The van der Waals surface area contributed by atoms with Crippen LogP contribution >= 0.6 is 0 Å². The molecule has 2 aromatic rings. The van der Waals surface area contributed by atoms with Gasteiger partial charge < -0.3 is 14.4 Å². The molecular weight excluding hydrogens is 361 g/mol. The van der Waals surface area contributed by atoms with Crippen molar-refractivity contribution in [3.8, 4) is 5.75 Å². The second-order valence-corrected chi connectivity index (χ2v) is 6.27. The number of hydrogen-bond donors (Lipinski definition) is 0. The van der Waals surface area contributed by atoms with Gasteiger partial charge in [0, 0.05) is 25.2 Å². The molecule has 8 heteroatoms. The van der Waals surface area contributed by atoms with Crippen LogP contribution < -0.4 is 9.64 Å². The summed E-state index contributed by atoms with van der Waals surface area (Å²) in [6.07, 6.45) is -2.14. The fraction of sp³-hybridized carbons (Fsp3) is 0.368. The molecule has 144 valence electrons. The zero-order valence-corrected chi connectivity index (χ0v) is 14.7. The number of carbonyl (C=O) groups is 1. The molecule has 1 aliphatic heterocycles. The third-order valence-electron chi connectivity index (χ3n) is 4.44. The van der Waals surface area contributed by atoms with E-state index in [0.717, 1.165) is 12.5 Å². The van der Waals surface area contributed by atoms with Gasteiger partial charge in [-0.2, -0.15) is 13.2 Å². The number of alkyl halides is 3. The maximum absolute atomic E-state index is 13.0. The number of hydrogen-bond acceptors (Lipinski definition) is 5. The quantitative estimate of drug-likeness (QED) is 0.739. The SMILES string of the molecule is COC(=O)c1cccnc1N1CCC(COc2ccccc2C(F)(F)F)C1. The Labute approximate surface area is 154 Å². The first-order valence-corrected chi connectivity index (χ1v) is 8.47. The molecule has 27 heavy (non-hydrogen) atoms. The molecule has 1 aliphatic rings. The van der Waals surface area contributed by atoms with E-state index >= 15 is 0 Å². The fourth-order valence-corrected chi connectivity index (χ4v) is 3.11. The molecule has 1 saturated heterocycles. The molecule has 0 saturated carbocycles. The monoisotopic (exact) mass is 380 g/mol. The van der Waals surface area contributed by atoms with Gasteiger partial charge in [-0.1, -0.05) is 12.1 Å². The molecule has 0 spiro atoms. The predicted molar refractivity (Wildman–Crippen MR) is 92.8 cm³/mol. The third kappa shape index (κ3) is 4.32. The number of methoxy groups -OCH3 is 1. The first kappa shape index (κ1) is 19.0. The standard InChI is InChI=1S/C19H19F3N2O3/c1-26-18(25)14-5-4-9-23-17(14)24-10-8-13(11-24)12-27-16-7-3-2-6-15(16)19(20,21)22/h2-7,9,13H,8,10-12H2,1H3. The van der Waals surface area contributed by atoms with Gasteiger partial charge in [-0.05, 0) is 30.7 Å². The summed E-state index contributed by atoms with van der Waals surface area (Å²) in [6, 6.07) is 8.47. The maximum Gasteiger partial charge on any atom is 0.419 e. The van der Waals surface area contributed by atoms with Gasteiger partial charge in [0.15, 0.2) is 0 Å². The van der Waals surface area contributed by atoms with E-state index in [1.54, 1.807) is 18.3 Å². The van der Waals surface area contributed by atoms with Crippen molar-refractivity contribution in [1.82, 2.24) is 4.98 Å². The van der Waals surface area contributed by atoms with E-state index in [0.29, 0.717) is 24.5 Å². The van der Waals surface area contributed by atoms with Crippen molar-refractivity contribution >= 4 is 11.8 Å². The number of aromatic nitrogens is 1. The molecule has 1 unspecified atom stereocenters. The van der Waals surface area contributed by atoms with Gasteiger partial charge >= 0.3 is 12.1 Å². The summed E-state index contributed by atoms with van der Waals surface area (Å²) in [7, 11) is 1.30. The summed E-state index contributed by atoms with van der Waals surface area (Å²) in [5, 5.41) is 0. The third-order valence-corrected chi connectivity index (χ3v) is 4.44. The number of para-hydroxylation sites is 1. The van der Waals surface area contributed by atoms with Crippen LogP contribution in [0, 0.1) is 5.92 Å². The summed E-state index contributed by atoms with van der Waals surface area (Å²) in [6.45, 7) is 1.33. The molecule has 3 rings (SSSR count). The Morgan fingerprint density at radius 3 is 2.78 bits per heavy atom. The number of carbonyl (C=O) groups excluding carboxylic acids is 1. The number of rotatable bonds is 5. The lowest BCUT2D eigenvalue weighted by Crippen LogP contribution is -2.25. The van der Waals surface area contributed by atoms with Gasteiger partial charge in [0.25, 0.3) is 0 Å². The Bertz CT molecular complexity index is 811. The highest BCUT2D eigenvalue weighted by Gasteiger charge is 2.34. The number of esters is 1. The Balaban J connectivity index is 1.66. The van der Waals surface area contributed by atoms with Crippen LogP contribution in [0.15, 0.2) is 42.6 Å². The van der Waals surface area contributed by atoms with Crippen molar-refractivity contribution in [2.45, 2.75) is 12.6 Å². The molecule has 2 heterocycles. The molecule has 0 radical (unpaired) electrons. The van der Waals surface area contributed by atoms with Crippen molar-refractivity contribution in [1.29, 1.82) is 0 Å². The van der Waals surface area contributed by atoms with Gasteiger partial charge in [-0.25, -0.2) is 9.78 Å². The van der Waals surface area contributed by atoms with Crippen molar-refractivity contribution in [3.05, 3.63) is 53.7 Å². The minimum atomic E-state index is -4.46. The number of pyridine rings is 1. The lowest BCUT2D eigenvalue weighted by atomic mass is 10.1. The highest BCUT2D eigenvalue weighted by molar-refractivity contribution is 5.94. The van der Waals surface area contributed by atoms with E-state index in [1.807, 2.05) is 4.90 Å². The number of ether oxygens (including phenoxy) is 2. The minimum absolute atomic E-state index is 0.0267. The Morgan fingerprint density at radius 1 is 1.26 bits per heavy atom. The van der Waals surface area contributed by atoms with Crippen LogP contribution in [-0.4, -0.2) is 37.8 Å². The van der Waals surface area contributed by atoms with E-state index < -0.39 is 17.7 Å². The molecule has 1 atom stereocenters. The molecule has 1 aromatic heterocycles. The Hall–Kier alpha value is -2.77. The van der Waals surface area contributed by atoms with Gasteiger partial charge in [0.1, 0.15) is 17.1 Å². The molecular formula is C19H19F3N2O3. The summed E-state index contributed by atoms with van der Waals surface area (Å²) in [5.41, 5.74) is -0.415. The van der Waals surface area contributed by atoms with Crippen molar-refractivity contribution in [2.24, 2.45) is 5.92 Å². The predicted octanol–water partition coefficient (Wildman–Crippen LogP) is 3.79. The summed E-state index contributed by atoms with van der Waals surface area (Å²) in [5.74, 6) is -0.102. The van der Waals surface area contributed by atoms with Crippen LogP contribution in [0.3, 0.4) is 0 Å². The van der Waals surface area contributed by atoms with Crippen molar-refractivity contribution in [2.75, 3.05) is 31.7 Å². The maximum atomic E-state index is 13.0. The number of benzene rings is 1. The van der Waals surface area contributed by atoms with Crippen LogP contribution in [0.2, 0.25) is 0 Å². The highest BCUT2D eigenvalue weighted by atomic mass is 19.4. The molecule has 5 nitrogen and oxygen atoms in total. The summed E-state index contributed by atoms with van der Waals surface area (Å²) >= 11 is 0. The van der Waals surface area contributed by atoms with Gasteiger partial charge in [0.05, 0.1) is 19.3 Å². The van der Waals surface area contributed by atoms with Crippen LogP contribution in [-0.2, 0) is 10.9 Å². The highest BCUT2D eigenvalue weighted by Crippen LogP contribution is 2.36. The van der Waals surface area contributed by atoms with Gasteiger partial charge in [0.2, 0.25) is 0 Å². The largest absolute Gasteiger partial charge is 0.493 e. The molecule has 1 fully saturated rings. The lowest BCUT2D eigenvalue weighted by molar-refractivity contribution is -0.139. The average Bonchev–Trinajstić information content (AvgIpc) is 3.14. The second-order valence-electron chi connectivity index (χ2n) is 6.27. The van der Waals surface area contributed by atoms with E-state index in [-0.39, 0.29) is 18.3 Å². The minimum Gasteiger partial charge on any atom is -0.493 e. The molecule has 0 amide bonds. The zero-order valence-electron chi connectivity index (χ0n) is 14.7. The Morgan fingerprint density at radius 2 is 2.04 bits per heavy atom. The van der Waals surface area contributed by atoms with E-state index in [4.69, 9.17) is 9.47 Å². The zero-order chi connectivity index (χ0) is 19.4. The van der Waals surface area contributed by atoms with Crippen molar-refractivity contribution in [3.63, 3.8) is 0 Å². The lowest BCUT2D eigenvalue weighted by Gasteiger charge is -2.20. The first-order chi connectivity index (χ1) is 12.9. The number of halogens is 3. The molecule has 0 N–H and O–H groups in total. The van der Waals surface area contributed by atoms with Gasteiger partial charge in [-0.15, -0.1) is 0 Å². The number of nitrogens with zero attached hydrogens (tertiary/aromatic N) is 2. The van der Waals surface area contributed by atoms with E-state index in [9.17, 15) is 18.0 Å². The van der Waals surface area contributed by atoms with E-state index in [2.05, 4.69) is 4.98 Å². The van der Waals surface area contributed by atoms with E-state index in [1.165, 1.54) is 25.3 Å². The van der Waals surface area contributed by atoms with Crippen LogP contribution in [0.25, 0.3) is 0 Å². The normalized spacial score (nSPS) is 17.0. The van der Waals surface area contributed by atoms with Gasteiger partial charge in [-0.3, -0.25) is 0 Å². The Kier molecular flexibility index (Phi) is 5.53. The smallest absolute Gasteiger partial charge is 0.419 e. The first-order valence-electron chi connectivity index (χ1n) is 8.47. The van der Waals surface area contributed by atoms with Crippen LogP contribution in [0.4, 0.5) is 19.0 Å². The summed E-state index contributed by atoms with van der Waals surface area (Å²) in [4.78, 5) is 18.1. The van der Waals surface area contributed by atoms with Crippen LogP contribution in [0.5, 0.6) is 5.75 Å². The van der Waals surface area contributed by atoms with Crippen molar-refractivity contribution < 1.29 is 27.4 Å². The second kappa shape index (κ2) is 7.85. The molecule has 0 bridgehead atoms. The number of anilines is 1. The topological polar surface area (TPSA) is 51.7 Å². The fourth-order valence-electron chi connectivity index (χ4n) is 3.11. The average molecular weight is 380 g/mol. The van der Waals surface area contributed by atoms with Crippen LogP contribution in [0.1, 0.15) is 22.3 Å².